The maximum Gasteiger partial charge on any atom is 0.0795 e. The predicted octanol–water partition coefficient (Wildman–Crippen LogP) is 9.94. The first-order chi connectivity index (χ1) is 15.2. The minimum Gasteiger partial charge on any atom is -0.120 e. The molecule has 0 radical (unpaired) electrons. The van der Waals surface area contributed by atoms with Crippen LogP contribution in [-0.2, 0) is 0 Å². The molecule has 0 N–H and O–H groups in total. The molecule has 0 aliphatic rings. The van der Waals surface area contributed by atoms with Crippen molar-refractivity contribution in [3.8, 4) is 44.5 Å². The van der Waals surface area contributed by atoms with Gasteiger partial charge in [0.1, 0.15) is 0 Å². The molecule has 1 heterocycles. The van der Waals surface area contributed by atoms with Crippen LogP contribution in [0.3, 0.4) is 0 Å². The summed E-state index contributed by atoms with van der Waals surface area (Å²) in [5.41, 5.74) is 9.78. The van der Waals surface area contributed by atoms with Crippen LogP contribution in [0.25, 0.3) is 44.5 Å². The highest BCUT2D eigenvalue weighted by Crippen LogP contribution is 2.49. The molecule has 1 aromatic heterocycles. The second kappa shape index (κ2) is 8.96. The van der Waals surface area contributed by atoms with Crippen LogP contribution in [0.5, 0.6) is 0 Å². The Bertz CT molecular complexity index is 1200. The van der Waals surface area contributed by atoms with Gasteiger partial charge in [-0.05, 0) is 65.2 Å². The van der Waals surface area contributed by atoms with E-state index in [0.717, 1.165) is 7.57 Å². The molecule has 0 aliphatic heterocycles. The molecular formula is C28H18Br2S. The highest BCUT2D eigenvalue weighted by molar-refractivity contribution is 9.12. The van der Waals surface area contributed by atoms with Crippen LogP contribution in [0.15, 0.2) is 117 Å². The van der Waals surface area contributed by atoms with E-state index in [2.05, 4.69) is 129 Å². The fourth-order valence-corrected chi connectivity index (χ4v) is 7.09. The van der Waals surface area contributed by atoms with Gasteiger partial charge in [-0.3, -0.25) is 0 Å². The Hall–Kier alpha value is -2.46. The fraction of sp³-hybridized carbons (Fsp3) is 0. The summed E-state index contributed by atoms with van der Waals surface area (Å²) in [5, 5.41) is 0. The average Bonchev–Trinajstić information content (AvgIpc) is 3.14. The fourth-order valence-electron chi connectivity index (χ4n) is 3.81. The minimum absolute atomic E-state index is 1.13. The molecule has 5 rings (SSSR count). The van der Waals surface area contributed by atoms with E-state index in [1.54, 1.807) is 11.3 Å². The van der Waals surface area contributed by atoms with Gasteiger partial charge in [-0.25, -0.2) is 0 Å². The summed E-state index contributed by atoms with van der Waals surface area (Å²) in [6, 6.07) is 38.6. The van der Waals surface area contributed by atoms with Crippen molar-refractivity contribution >= 4 is 43.2 Å². The summed E-state index contributed by atoms with van der Waals surface area (Å²) in [4.78, 5) is 0. The molecule has 0 saturated carbocycles. The number of benzene rings is 4. The quantitative estimate of drug-likeness (QED) is 0.211. The van der Waals surface area contributed by atoms with E-state index >= 15 is 0 Å². The van der Waals surface area contributed by atoms with Gasteiger partial charge in [-0.15, -0.1) is 11.3 Å². The van der Waals surface area contributed by atoms with Crippen LogP contribution in [0, 0.1) is 0 Å². The lowest BCUT2D eigenvalue weighted by molar-refractivity contribution is 1.58. The molecular weight excluding hydrogens is 528 g/mol. The molecule has 5 aromatic rings. The number of rotatable bonds is 4. The molecule has 0 amide bonds. The molecule has 0 bridgehead atoms. The van der Waals surface area contributed by atoms with Crippen molar-refractivity contribution in [1.29, 1.82) is 0 Å². The van der Waals surface area contributed by atoms with Crippen molar-refractivity contribution in [3.63, 3.8) is 0 Å². The zero-order valence-electron chi connectivity index (χ0n) is 16.6. The Morgan fingerprint density at radius 2 is 0.645 bits per heavy atom. The topological polar surface area (TPSA) is 0 Å². The third-order valence-electron chi connectivity index (χ3n) is 5.38. The van der Waals surface area contributed by atoms with Crippen LogP contribution in [0.4, 0.5) is 0 Å². The SMILES string of the molecule is Brc1sc(Br)c(-c2ccc(-c3ccccc3)cc2)c1-c1ccc(-c2ccccc2)cc1. The van der Waals surface area contributed by atoms with Gasteiger partial charge in [-0.2, -0.15) is 0 Å². The first-order valence-corrected chi connectivity index (χ1v) is 12.4. The standard InChI is InChI=1S/C28H18Br2S/c29-27-25(23-15-11-21(12-16-23)19-7-3-1-4-8-19)26(28(30)31-27)24-17-13-22(14-18-24)20-9-5-2-6-10-20/h1-18H. The van der Waals surface area contributed by atoms with Crippen molar-refractivity contribution in [2.45, 2.75) is 0 Å². The van der Waals surface area contributed by atoms with Gasteiger partial charge in [0, 0.05) is 11.1 Å². The average molecular weight is 546 g/mol. The largest absolute Gasteiger partial charge is 0.120 e. The van der Waals surface area contributed by atoms with E-state index in [1.165, 1.54) is 44.5 Å². The van der Waals surface area contributed by atoms with E-state index in [1.807, 2.05) is 12.1 Å². The summed E-state index contributed by atoms with van der Waals surface area (Å²) in [6.45, 7) is 0. The summed E-state index contributed by atoms with van der Waals surface area (Å²) in [5.74, 6) is 0. The first-order valence-electron chi connectivity index (χ1n) is 10.0. The monoisotopic (exact) mass is 544 g/mol. The Labute approximate surface area is 203 Å². The molecule has 0 atom stereocenters. The number of hydrogen-bond acceptors (Lipinski definition) is 1. The first kappa shape index (κ1) is 20.4. The molecule has 150 valence electrons. The molecule has 0 aliphatic carbocycles. The Morgan fingerprint density at radius 3 is 1.00 bits per heavy atom. The smallest absolute Gasteiger partial charge is 0.0795 e. The van der Waals surface area contributed by atoms with Crippen molar-refractivity contribution in [2.24, 2.45) is 0 Å². The Morgan fingerprint density at radius 1 is 0.355 bits per heavy atom. The maximum absolute atomic E-state index is 3.81. The van der Waals surface area contributed by atoms with Crippen LogP contribution in [-0.4, -0.2) is 0 Å². The van der Waals surface area contributed by atoms with Crippen LogP contribution in [0.2, 0.25) is 0 Å². The third kappa shape index (κ3) is 4.18. The minimum atomic E-state index is 1.13. The van der Waals surface area contributed by atoms with E-state index < -0.39 is 0 Å². The second-order valence-electron chi connectivity index (χ2n) is 7.29. The number of thiophene rings is 1. The van der Waals surface area contributed by atoms with Crippen LogP contribution < -0.4 is 0 Å². The molecule has 31 heavy (non-hydrogen) atoms. The lowest BCUT2D eigenvalue weighted by atomic mass is 9.95. The maximum atomic E-state index is 3.81. The van der Waals surface area contributed by atoms with Gasteiger partial charge in [0.15, 0.2) is 0 Å². The van der Waals surface area contributed by atoms with E-state index in [9.17, 15) is 0 Å². The Balaban J connectivity index is 1.53. The zero-order chi connectivity index (χ0) is 21.2. The molecule has 3 heteroatoms. The molecule has 0 unspecified atom stereocenters. The van der Waals surface area contributed by atoms with Gasteiger partial charge < -0.3 is 0 Å². The van der Waals surface area contributed by atoms with Crippen molar-refractivity contribution in [2.75, 3.05) is 0 Å². The lowest BCUT2D eigenvalue weighted by Crippen LogP contribution is -1.84. The van der Waals surface area contributed by atoms with Crippen LogP contribution >= 0.6 is 43.2 Å². The van der Waals surface area contributed by atoms with Crippen LogP contribution in [0.1, 0.15) is 0 Å². The summed E-state index contributed by atoms with van der Waals surface area (Å²) >= 11 is 9.33. The van der Waals surface area contributed by atoms with E-state index in [0.29, 0.717) is 0 Å². The summed E-state index contributed by atoms with van der Waals surface area (Å²) in [6.07, 6.45) is 0. The molecule has 4 aromatic carbocycles. The van der Waals surface area contributed by atoms with Crippen molar-refractivity contribution < 1.29 is 0 Å². The Kier molecular flexibility index (Phi) is 5.91. The summed E-state index contributed by atoms with van der Waals surface area (Å²) in [7, 11) is 0. The molecule has 0 saturated heterocycles. The van der Waals surface area contributed by atoms with E-state index in [4.69, 9.17) is 0 Å². The molecule has 0 nitrogen and oxygen atoms in total. The van der Waals surface area contributed by atoms with Gasteiger partial charge in [0.2, 0.25) is 0 Å². The molecule has 0 fully saturated rings. The highest BCUT2D eigenvalue weighted by Gasteiger charge is 2.18. The van der Waals surface area contributed by atoms with Gasteiger partial charge in [0.05, 0.1) is 7.57 Å². The van der Waals surface area contributed by atoms with E-state index in [-0.39, 0.29) is 0 Å². The highest BCUT2D eigenvalue weighted by atomic mass is 79.9. The predicted molar refractivity (Wildman–Crippen MR) is 141 cm³/mol. The second-order valence-corrected chi connectivity index (χ2v) is 10.9. The number of halogens is 2. The van der Waals surface area contributed by atoms with Crippen molar-refractivity contribution in [1.82, 2.24) is 0 Å². The number of hydrogen-bond donors (Lipinski definition) is 0. The van der Waals surface area contributed by atoms with Gasteiger partial charge in [0.25, 0.3) is 0 Å². The van der Waals surface area contributed by atoms with Crippen molar-refractivity contribution in [3.05, 3.63) is 117 Å². The lowest BCUT2D eigenvalue weighted by Gasteiger charge is -2.10. The summed E-state index contributed by atoms with van der Waals surface area (Å²) < 4.78 is 2.27. The third-order valence-corrected chi connectivity index (χ3v) is 7.91. The van der Waals surface area contributed by atoms with Gasteiger partial charge in [-0.1, -0.05) is 109 Å². The normalized spacial score (nSPS) is 10.9. The molecule has 0 spiro atoms. The zero-order valence-corrected chi connectivity index (χ0v) is 20.5. The van der Waals surface area contributed by atoms with Gasteiger partial charge >= 0.3 is 0 Å².